The zero-order valence-corrected chi connectivity index (χ0v) is 13.1. The number of esters is 1. The fourth-order valence-corrected chi connectivity index (χ4v) is 2.22. The lowest BCUT2D eigenvalue weighted by Gasteiger charge is -2.26. The van der Waals surface area contributed by atoms with E-state index >= 15 is 0 Å². The molecule has 1 rings (SSSR count). The quantitative estimate of drug-likeness (QED) is 0.705. The Balaban J connectivity index is 2.52. The largest absolute Gasteiger partial charge is 0.465 e. The molecular formula is C15H27N3O2. The van der Waals surface area contributed by atoms with Gasteiger partial charge in [-0.1, -0.05) is 6.92 Å². The van der Waals surface area contributed by atoms with Crippen LogP contribution in [-0.2, 0) is 22.5 Å². The molecule has 0 radical (unpaired) electrons. The summed E-state index contributed by atoms with van der Waals surface area (Å²) in [6.07, 6.45) is 7.58. The topological polar surface area (TPSA) is 56.2 Å². The van der Waals surface area contributed by atoms with Crippen LogP contribution in [0.15, 0.2) is 12.4 Å². The van der Waals surface area contributed by atoms with Gasteiger partial charge < -0.3 is 14.6 Å². The monoisotopic (exact) mass is 281 g/mol. The van der Waals surface area contributed by atoms with Gasteiger partial charge in [-0.05, 0) is 40.2 Å². The van der Waals surface area contributed by atoms with Gasteiger partial charge in [-0.15, -0.1) is 0 Å². The van der Waals surface area contributed by atoms with Crippen LogP contribution in [0.3, 0.4) is 0 Å². The molecule has 0 aliphatic heterocycles. The normalized spacial score (nSPS) is 14.0. The lowest BCUT2D eigenvalue weighted by Crippen LogP contribution is -2.48. The zero-order valence-electron chi connectivity index (χ0n) is 13.1. The highest BCUT2D eigenvalue weighted by molar-refractivity contribution is 5.80. The molecule has 0 saturated heterocycles. The minimum absolute atomic E-state index is 0.179. The van der Waals surface area contributed by atoms with Gasteiger partial charge in [-0.2, -0.15) is 0 Å². The predicted octanol–water partition coefficient (Wildman–Crippen LogP) is 2.16. The van der Waals surface area contributed by atoms with Crippen LogP contribution in [0.4, 0.5) is 0 Å². The number of nitrogens with zero attached hydrogens (tertiary/aromatic N) is 2. The van der Waals surface area contributed by atoms with Crippen LogP contribution in [0.1, 0.15) is 45.9 Å². The fraction of sp³-hybridized carbons (Fsp3) is 0.733. The number of aromatic nitrogens is 2. The molecule has 1 aromatic heterocycles. The van der Waals surface area contributed by atoms with E-state index in [1.165, 1.54) is 0 Å². The zero-order chi connectivity index (χ0) is 15.0. The molecule has 20 heavy (non-hydrogen) atoms. The molecule has 5 nitrogen and oxygen atoms in total. The number of likely N-dealkylation sites (N-methyl/N-ethyl adjacent to an activating group) is 1. The van der Waals surface area contributed by atoms with E-state index in [1.807, 2.05) is 26.2 Å². The summed E-state index contributed by atoms with van der Waals surface area (Å²) in [5, 5.41) is 3.08. The average molecular weight is 281 g/mol. The number of imidazole rings is 1. The minimum atomic E-state index is -0.610. The van der Waals surface area contributed by atoms with Gasteiger partial charge in [-0.25, -0.2) is 4.98 Å². The second kappa shape index (κ2) is 8.04. The van der Waals surface area contributed by atoms with E-state index in [2.05, 4.69) is 21.8 Å². The first kappa shape index (κ1) is 16.7. The SMILES string of the molecule is CCCc1nccn1CCCC(C)(NC)C(=O)OCC. The summed E-state index contributed by atoms with van der Waals surface area (Å²) in [4.78, 5) is 16.3. The van der Waals surface area contributed by atoms with Crippen molar-refractivity contribution in [1.82, 2.24) is 14.9 Å². The Morgan fingerprint density at radius 3 is 2.85 bits per heavy atom. The van der Waals surface area contributed by atoms with Crippen molar-refractivity contribution in [2.75, 3.05) is 13.7 Å². The van der Waals surface area contributed by atoms with Crippen LogP contribution in [0.25, 0.3) is 0 Å². The first-order valence-corrected chi connectivity index (χ1v) is 7.43. The number of nitrogens with one attached hydrogen (secondary N) is 1. The number of aryl methyl sites for hydroxylation is 2. The summed E-state index contributed by atoms with van der Waals surface area (Å²) in [5.41, 5.74) is -0.610. The van der Waals surface area contributed by atoms with E-state index in [-0.39, 0.29) is 5.97 Å². The van der Waals surface area contributed by atoms with Gasteiger partial charge in [-0.3, -0.25) is 4.79 Å². The van der Waals surface area contributed by atoms with Crippen LogP contribution in [0.5, 0.6) is 0 Å². The van der Waals surface area contributed by atoms with Crippen LogP contribution in [-0.4, -0.2) is 34.7 Å². The molecule has 1 heterocycles. The Labute approximate surface area is 121 Å². The molecule has 0 amide bonds. The van der Waals surface area contributed by atoms with E-state index in [9.17, 15) is 4.79 Å². The smallest absolute Gasteiger partial charge is 0.326 e. The van der Waals surface area contributed by atoms with Crippen molar-refractivity contribution >= 4 is 5.97 Å². The second-order valence-corrected chi connectivity index (χ2v) is 5.19. The van der Waals surface area contributed by atoms with Gasteiger partial charge in [0.05, 0.1) is 6.61 Å². The van der Waals surface area contributed by atoms with Gasteiger partial charge in [0.1, 0.15) is 11.4 Å². The molecule has 0 aromatic carbocycles. The van der Waals surface area contributed by atoms with Crippen molar-refractivity contribution in [2.24, 2.45) is 0 Å². The molecule has 1 N–H and O–H groups in total. The number of carbonyl (C=O) groups excluding carboxylic acids is 1. The van der Waals surface area contributed by atoms with E-state index in [4.69, 9.17) is 4.74 Å². The number of hydrogen-bond donors (Lipinski definition) is 1. The lowest BCUT2D eigenvalue weighted by atomic mass is 9.96. The van der Waals surface area contributed by atoms with Crippen molar-refractivity contribution < 1.29 is 9.53 Å². The second-order valence-electron chi connectivity index (χ2n) is 5.19. The summed E-state index contributed by atoms with van der Waals surface area (Å²) in [6.45, 7) is 7.17. The summed E-state index contributed by atoms with van der Waals surface area (Å²) < 4.78 is 7.30. The highest BCUT2D eigenvalue weighted by Gasteiger charge is 2.32. The molecule has 0 bridgehead atoms. The van der Waals surface area contributed by atoms with Gasteiger partial charge in [0, 0.05) is 25.4 Å². The Bertz CT molecular complexity index is 417. The van der Waals surface area contributed by atoms with Gasteiger partial charge in [0.2, 0.25) is 0 Å². The molecule has 1 aromatic rings. The van der Waals surface area contributed by atoms with E-state index < -0.39 is 5.54 Å². The maximum Gasteiger partial charge on any atom is 0.326 e. The number of carbonyl (C=O) groups is 1. The molecule has 1 unspecified atom stereocenters. The van der Waals surface area contributed by atoms with Crippen molar-refractivity contribution in [3.05, 3.63) is 18.2 Å². The average Bonchev–Trinajstić information content (AvgIpc) is 2.87. The number of hydrogen-bond acceptors (Lipinski definition) is 4. The van der Waals surface area contributed by atoms with Crippen LogP contribution >= 0.6 is 0 Å². The predicted molar refractivity (Wildman–Crippen MR) is 79.6 cm³/mol. The summed E-state index contributed by atoms with van der Waals surface area (Å²) >= 11 is 0. The van der Waals surface area contributed by atoms with Crippen LogP contribution < -0.4 is 5.32 Å². The van der Waals surface area contributed by atoms with Gasteiger partial charge >= 0.3 is 5.97 Å². The molecule has 0 spiro atoms. The molecule has 114 valence electrons. The van der Waals surface area contributed by atoms with Crippen molar-refractivity contribution in [3.8, 4) is 0 Å². The highest BCUT2D eigenvalue weighted by Crippen LogP contribution is 2.15. The standard InChI is InChI=1S/C15H27N3O2/c1-5-8-13-17-10-12-18(13)11-7-9-15(3,16-4)14(19)20-6-2/h10,12,16H,5-9,11H2,1-4H3. The fourth-order valence-electron chi connectivity index (χ4n) is 2.22. The number of ether oxygens (including phenoxy) is 1. The molecule has 0 saturated carbocycles. The Morgan fingerprint density at radius 2 is 2.25 bits per heavy atom. The maximum absolute atomic E-state index is 12.0. The van der Waals surface area contributed by atoms with Crippen LogP contribution in [0, 0.1) is 0 Å². The third kappa shape index (κ3) is 4.34. The summed E-state index contributed by atoms with van der Waals surface area (Å²) in [7, 11) is 1.80. The summed E-state index contributed by atoms with van der Waals surface area (Å²) in [6, 6.07) is 0. The van der Waals surface area contributed by atoms with Crippen molar-refractivity contribution in [2.45, 2.75) is 58.5 Å². The molecule has 0 aliphatic rings. The molecule has 1 atom stereocenters. The van der Waals surface area contributed by atoms with Crippen molar-refractivity contribution in [3.63, 3.8) is 0 Å². The van der Waals surface area contributed by atoms with Gasteiger partial charge in [0.15, 0.2) is 0 Å². The van der Waals surface area contributed by atoms with Crippen molar-refractivity contribution in [1.29, 1.82) is 0 Å². The highest BCUT2D eigenvalue weighted by atomic mass is 16.5. The Hall–Kier alpha value is -1.36. The van der Waals surface area contributed by atoms with E-state index in [0.717, 1.165) is 38.1 Å². The molecule has 0 fully saturated rings. The molecular weight excluding hydrogens is 254 g/mol. The first-order valence-electron chi connectivity index (χ1n) is 7.43. The first-order chi connectivity index (χ1) is 9.57. The minimum Gasteiger partial charge on any atom is -0.465 e. The third-order valence-electron chi connectivity index (χ3n) is 3.63. The van der Waals surface area contributed by atoms with E-state index in [0.29, 0.717) is 6.61 Å². The lowest BCUT2D eigenvalue weighted by molar-refractivity contribution is -0.150. The third-order valence-corrected chi connectivity index (χ3v) is 3.63. The number of rotatable bonds is 9. The maximum atomic E-state index is 12.0. The summed E-state index contributed by atoms with van der Waals surface area (Å²) in [5.74, 6) is 0.941. The van der Waals surface area contributed by atoms with Crippen LogP contribution in [0.2, 0.25) is 0 Å². The van der Waals surface area contributed by atoms with E-state index in [1.54, 1.807) is 7.05 Å². The Morgan fingerprint density at radius 1 is 1.50 bits per heavy atom. The molecule has 5 heteroatoms. The molecule has 0 aliphatic carbocycles. The Kier molecular flexibility index (Phi) is 6.71. The van der Waals surface area contributed by atoms with Gasteiger partial charge in [0.25, 0.3) is 0 Å².